The maximum Gasteiger partial charge on any atom is 0.328 e. The number of esters is 1. The fraction of sp³-hybridized carbons (Fsp3) is 0.158. The number of ether oxygens (including phenoxy) is 1. The van der Waals surface area contributed by atoms with Crippen LogP contribution in [0.25, 0.3) is 6.08 Å². The Bertz CT molecular complexity index is 711. The molecule has 24 heavy (non-hydrogen) atoms. The van der Waals surface area contributed by atoms with Crippen molar-refractivity contribution in [2.24, 2.45) is 0 Å². The molecule has 0 saturated heterocycles. The van der Waals surface area contributed by atoms with Gasteiger partial charge in [0.05, 0.1) is 7.11 Å². The van der Waals surface area contributed by atoms with E-state index in [1.165, 1.54) is 25.3 Å². The summed E-state index contributed by atoms with van der Waals surface area (Å²) in [5, 5.41) is 2.62. The van der Waals surface area contributed by atoms with Crippen LogP contribution in [0.15, 0.2) is 60.7 Å². The third kappa shape index (κ3) is 5.35. The number of carbonyl (C=O) groups is 2. The first-order chi connectivity index (χ1) is 11.6. The van der Waals surface area contributed by atoms with Gasteiger partial charge < -0.3 is 10.1 Å². The van der Waals surface area contributed by atoms with Crippen LogP contribution in [0.4, 0.5) is 4.39 Å². The number of nitrogens with one attached hydrogen (secondary N) is 1. The molecule has 2 rings (SSSR count). The standard InChI is InChI=1S/C19H18FNO3/c1-24-19(23)17(13-15-5-3-2-4-6-15)21-18(22)12-9-14-7-10-16(20)11-8-14/h2-12,17H,13H2,1H3,(H,21,22)/b12-9+/t17-/m0/s1. The van der Waals surface area contributed by atoms with Gasteiger partial charge in [-0.3, -0.25) is 4.79 Å². The van der Waals surface area contributed by atoms with Crippen molar-refractivity contribution in [2.45, 2.75) is 12.5 Å². The van der Waals surface area contributed by atoms with Gasteiger partial charge in [-0.25, -0.2) is 9.18 Å². The van der Waals surface area contributed by atoms with Crippen LogP contribution in [0.2, 0.25) is 0 Å². The van der Waals surface area contributed by atoms with Gasteiger partial charge in [-0.05, 0) is 29.3 Å². The lowest BCUT2D eigenvalue weighted by Gasteiger charge is -2.15. The molecule has 4 nitrogen and oxygen atoms in total. The Morgan fingerprint density at radius 3 is 2.42 bits per heavy atom. The van der Waals surface area contributed by atoms with E-state index in [9.17, 15) is 14.0 Å². The molecule has 0 aliphatic rings. The molecular weight excluding hydrogens is 309 g/mol. The molecule has 1 amide bonds. The zero-order valence-corrected chi connectivity index (χ0v) is 13.2. The predicted octanol–water partition coefficient (Wildman–Crippen LogP) is 2.74. The first-order valence-corrected chi connectivity index (χ1v) is 7.44. The van der Waals surface area contributed by atoms with Gasteiger partial charge in [0.15, 0.2) is 0 Å². The molecule has 0 aliphatic heterocycles. The number of amides is 1. The van der Waals surface area contributed by atoms with Gasteiger partial charge in [-0.2, -0.15) is 0 Å². The fourth-order valence-electron chi connectivity index (χ4n) is 2.15. The van der Waals surface area contributed by atoms with E-state index in [0.29, 0.717) is 12.0 Å². The van der Waals surface area contributed by atoms with E-state index < -0.39 is 17.9 Å². The van der Waals surface area contributed by atoms with E-state index in [-0.39, 0.29) is 5.82 Å². The maximum absolute atomic E-state index is 12.8. The zero-order valence-electron chi connectivity index (χ0n) is 13.2. The van der Waals surface area contributed by atoms with Crippen LogP contribution in [0, 0.1) is 5.82 Å². The molecule has 0 spiro atoms. The minimum absolute atomic E-state index is 0.337. The Hall–Kier alpha value is -2.95. The van der Waals surface area contributed by atoms with Crippen molar-refractivity contribution in [3.8, 4) is 0 Å². The molecule has 0 aliphatic carbocycles. The normalized spacial score (nSPS) is 11.9. The van der Waals surface area contributed by atoms with Gasteiger partial charge in [-0.1, -0.05) is 42.5 Å². The van der Waals surface area contributed by atoms with Gasteiger partial charge in [0.25, 0.3) is 0 Å². The van der Waals surface area contributed by atoms with Crippen LogP contribution >= 0.6 is 0 Å². The molecule has 5 heteroatoms. The van der Waals surface area contributed by atoms with Crippen LogP contribution in [0.5, 0.6) is 0 Å². The average Bonchev–Trinajstić information content (AvgIpc) is 2.61. The molecule has 1 N–H and O–H groups in total. The van der Waals surface area contributed by atoms with Crippen LogP contribution in [0.1, 0.15) is 11.1 Å². The van der Waals surface area contributed by atoms with Crippen molar-refractivity contribution in [1.82, 2.24) is 5.32 Å². The van der Waals surface area contributed by atoms with Gasteiger partial charge >= 0.3 is 5.97 Å². The highest BCUT2D eigenvalue weighted by atomic mass is 19.1. The summed E-state index contributed by atoms with van der Waals surface area (Å²) in [4.78, 5) is 23.9. The molecule has 0 aromatic heterocycles. The number of hydrogen-bond acceptors (Lipinski definition) is 3. The van der Waals surface area contributed by atoms with Crippen LogP contribution in [-0.2, 0) is 20.7 Å². The smallest absolute Gasteiger partial charge is 0.328 e. The summed E-state index contributed by atoms with van der Waals surface area (Å²) < 4.78 is 17.6. The first-order valence-electron chi connectivity index (χ1n) is 7.44. The van der Waals surface area contributed by atoms with Crippen LogP contribution in [0.3, 0.4) is 0 Å². The van der Waals surface area contributed by atoms with E-state index in [4.69, 9.17) is 4.74 Å². The second kappa shape index (κ2) is 8.62. The second-order valence-electron chi connectivity index (χ2n) is 5.16. The minimum atomic E-state index is -0.775. The van der Waals surface area contributed by atoms with Crippen molar-refractivity contribution < 1.29 is 18.7 Å². The van der Waals surface area contributed by atoms with E-state index in [1.54, 1.807) is 18.2 Å². The van der Waals surface area contributed by atoms with E-state index in [0.717, 1.165) is 5.56 Å². The number of methoxy groups -OCH3 is 1. The molecule has 2 aromatic rings. The molecule has 1 atom stereocenters. The third-order valence-electron chi connectivity index (χ3n) is 3.38. The molecule has 0 radical (unpaired) electrons. The van der Waals surface area contributed by atoms with Crippen molar-refractivity contribution in [3.63, 3.8) is 0 Å². The van der Waals surface area contributed by atoms with Crippen molar-refractivity contribution >= 4 is 18.0 Å². The number of halogens is 1. The SMILES string of the molecule is COC(=O)[C@H](Cc1ccccc1)NC(=O)/C=C/c1ccc(F)cc1. The fourth-order valence-corrected chi connectivity index (χ4v) is 2.15. The Morgan fingerprint density at radius 2 is 1.79 bits per heavy atom. The van der Waals surface area contributed by atoms with Crippen LogP contribution < -0.4 is 5.32 Å². The zero-order chi connectivity index (χ0) is 17.4. The van der Waals surface area contributed by atoms with Crippen molar-refractivity contribution in [2.75, 3.05) is 7.11 Å². The molecule has 124 valence electrons. The predicted molar refractivity (Wildman–Crippen MR) is 89.5 cm³/mol. The summed E-state index contributed by atoms with van der Waals surface area (Å²) in [6, 6.07) is 14.3. The van der Waals surface area contributed by atoms with Crippen molar-refractivity contribution in [3.05, 3.63) is 77.6 Å². The third-order valence-corrected chi connectivity index (χ3v) is 3.38. The number of rotatable bonds is 6. The quantitative estimate of drug-likeness (QED) is 0.656. The maximum atomic E-state index is 12.8. The topological polar surface area (TPSA) is 55.4 Å². The lowest BCUT2D eigenvalue weighted by atomic mass is 10.1. The number of carbonyl (C=O) groups excluding carboxylic acids is 2. The molecule has 0 bridgehead atoms. The molecule has 0 fully saturated rings. The lowest BCUT2D eigenvalue weighted by molar-refractivity contribution is -0.144. The highest BCUT2D eigenvalue weighted by molar-refractivity contribution is 5.94. The first kappa shape index (κ1) is 17.4. The second-order valence-corrected chi connectivity index (χ2v) is 5.16. The molecule has 0 heterocycles. The van der Waals surface area contributed by atoms with Gasteiger partial charge in [-0.15, -0.1) is 0 Å². The average molecular weight is 327 g/mol. The lowest BCUT2D eigenvalue weighted by Crippen LogP contribution is -2.42. The highest BCUT2D eigenvalue weighted by Crippen LogP contribution is 2.06. The Balaban J connectivity index is 2.01. The van der Waals surface area contributed by atoms with Crippen molar-refractivity contribution in [1.29, 1.82) is 0 Å². The molecular formula is C19H18FNO3. The summed E-state index contributed by atoms with van der Waals surface area (Å²) in [5.74, 6) is -1.28. The van der Waals surface area contributed by atoms with Crippen LogP contribution in [-0.4, -0.2) is 25.0 Å². The summed E-state index contributed by atoms with van der Waals surface area (Å²) in [6.45, 7) is 0. The van der Waals surface area contributed by atoms with E-state index >= 15 is 0 Å². The summed E-state index contributed by atoms with van der Waals surface area (Å²) in [6.07, 6.45) is 3.18. The monoisotopic (exact) mass is 327 g/mol. The molecule has 0 saturated carbocycles. The number of hydrogen-bond donors (Lipinski definition) is 1. The number of benzene rings is 2. The van der Waals surface area contributed by atoms with Gasteiger partial charge in [0, 0.05) is 12.5 Å². The summed E-state index contributed by atoms with van der Waals surface area (Å²) in [5.41, 5.74) is 1.60. The van der Waals surface area contributed by atoms with E-state index in [2.05, 4.69) is 5.32 Å². The Morgan fingerprint density at radius 1 is 1.12 bits per heavy atom. The Labute approximate surface area is 140 Å². The highest BCUT2D eigenvalue weighted by Gasteiger charge is 2.20. The molecule has 2 aromatic carbocycles. The molecule has 0 unspecified atom stereocenters. The van der Waals surface area contributed by atoms with Gasteiger partial charge in [0.2, 0.25) is 5.91 Å². The van der Waals surface area contributed by atoms with Gasteiger partial charge in [0.1, 0.15) is 11.9 Å². The Kier molecular flexibility index (Phi) is 6.25. The minimum Gasteiger partial charge on any atom is -0.467 e. The largest absolute Gasteiger partial charge is 0.467 e. The summed E-state index contributed by atoms with van der Waals surface area (Å²) >= 11 is 0. The summed E-state index contributed by atoms with van der Waals surface area (Å²) in [7, 11) is 1.28. The van der Waals surface area contributed by atoms with E-state index in [1.807, 2.05) is 30.3 Å².